The number of rotatable bonds is 4. The summed E-state index contributed by atoms with van der Waals surface area (Å²) in [5, 5.41) is 11.8. The molecule has 1 saturated heterocycles. The maximum absolute atomic E-state index is 13.7. The van der Waals surface area contributed by atoms with Crippen molar-refractivity contribution in [3.8, 4) is 17.1 Å². The van der Waals surface area contributed by atoms with Gasteiger partial charge in [-0.15, -0.1) is 0 Å². The summed E-state index contributed by atoms with van der Waals surface area (Å²) in [7, 11) is 0. The second kappa shape index (κ2) is 8.35. The lowest BCUT2D eigenvalue weighted by Gasteiger charge is -2.28. The van der Waals surface area contributed by atoms with Gasteiger partial charge in [0.2, 0.25) is 0 Å². The van der Waals surface area contributed by atoms with Crippen molar-refractivity contribution in [3.63, 3.8) is 0 Å². The van der Waals surface area contributed by atoms with Crippen LogP contribution >= 0.6 is 0 Å². The Labute approximate surface area is 195 Å². The summed E-state index contributed by atoms with van der Waals surface area (Å²) >= 11 is 0. The van der Waals surface area contributed by atoms with E-state index in [9.17, 15) is 9.90 Å². The quantitative estimate of drug-likeness (QED) is 0.428. The molecule has 0 aliphatic carbocycles. The third-order valence-corrected chi connectivity index (χ3v) is 6.41. The number of pyridine rings is 1. The number of anilines is 1. The molecule has 0 saturated carbocycles. The number of benzene rings is 3. The summed E-state index contributed by atoms with van der Waals surface area (Å²) in [4.78, 5) is 24.0. The van der Waals surface area contributed by atoms with Crippen molar-refractivity contribution in [1.29, 1.82) is 0 Å². The van der Waals surface area contributed by atoms with Gasteiger partial charge in [0.25, 0.3) is 5.56 Å². The molecule has 2 N–H and O–H groups in total. The predicted molar refractivity (Wildman–Crippen MR) is 134 cm³/mol. The number of aromatic amines is 1. The molecular formula is C27H24N4O3. The molecule has 7 heteroatoms. The van der Waals surface area contributed by atoms with Crippen LogP contribution in [0.5, 0.6) is 5.75 Å². The molecule has 1 aliphatic rings. The first-order chi connectivity index (χ1) is 16.7. The number of aromatic hydroxyl groups is 1. The maximum atomic E-state index is 13.7. The average Bonchev–Trinajstić information content (AvgIpc) is 3.30. The number of imidazole rings is 1. The zero-order chi connectivity index (χ0) is 23.1. The van der Waals surface area contributed by atoms with Crippen molar-refractivity contribution < 1.29 is 9.84 Å². The monoisotopic (exact) mass is 452 g/mol. The third kappa shape index (κ3) is 3.50. The highest BCUT2D eigenvalue weighted by Gasteiger charge is 2.21. The molecule has 1 aliphatic heterocycles. The van der Waals surface area contributed by atoms with E-state index in [1.165, 1.54) is 0 Å². The third-order valence-electron chi connectivity index (χ3n) is 6.41. The van der Waals surface area contributed by atoms with Crippen LogP contribution in [0.4, 0.5) is 5.69 Å². The minimum atomic E-state index is -0.285. The van der Waals surface area contributed by atoms with Crippen LogP contribution in [-0.4, -0.2) is 45.9 Å². The van der Waals surface area contributed by atoms with Crippen molar-refractivity contribution in [2.75, 3.05) is 31.2 Å². The summed E-state index contributed by atoms with van der Waals surface area (Å²) in [5.74, 6) is 0.307. The summed E-state index contributed by atoms with van der Waals surface area (Å²) in [5.41, 5.74) is 4.22. The number of aromatic nitrogens is 3. The molecule has 3 heterocycles. The van der Waals surface area contributed by atoms with Crippen molar-refractivity contribution >= 4 is 27.6 Å². The van der Waals surface area contributed by atoms with Crippen LogP contribution in [-0.2, 0) is 11.3 Å². The van der Waals surface area contributed by atoms with Crippen LogP contribution in [0.1, 0.15) is 5.56 Å². The smallest absolute Gasteiger partial charge is 0.266 e. The zero-order valence-electron chi connectivity index (χ0n) is 18.6. The van der Waals surface area contributed by atoms with Crippen molar-refractivity contribution in [1.82, 2.24) is 14.5 Å². The largest absolute Gasteiger partial charge is 0.506 e. The van der Waals surface area contributed by atoms with Crippen molar-refractivity contribution in [2.24, 2.45) is 0 Å². The first kappa shape index (κ1) is 20.5. The van der Waals surface area contributed by atoms with Gasteiger partial charge in [-0.25, -0.2) is 4.98 Å². The molecule has 0 atom stereocenters. The number of nitrogens with zero attached hydrogens (tertiary/aromatic N) is 3. The summed E-state index contributed by atoms with van der Waals surface area (Å²) in [6.45, 7) is 3.47. The highest BCUT2D eigenvalue weighted by molar-refractivity contribution is 5.92. The SMILES string of the molecule is O=c1c(-c2nc3cc(N4CCOCC4)ccc3[nH]2)c(O)c2ccccc2n1Cc1ccccc1. The number of morpholine rings is 1. The Balaban J connectivity index is 1.50. The Morgan fingerprint density at radius 1 is 0.971 bits per heavy atom. The first-order valence-corrected chi connectivity index (χ1v) is 11.4. The van der Waals surface area contributed by atoms with E-state index in [2.05, 4.69) is 9.88 Å². The molecule has 0 radical (unpaired) electrons. The Morgan fingerprint density at radius 3 is 2.56 bits per heavy atom. The maximum Gasteiger partial charge on any atom is 0.266 e. The van der Waals surface area contributed by atoms with Crippen LogP contribution in [0, 0.1) is 0 Å². The lowest BCUT2D eigenvalue weighted by atomic mass is 10.1. The van der Waals surface area contributed by atoms with Gasteiger partial charge in [-0.3, -0.25) is 4.79 Å². The second-order valence-electron chi connectivity index (χ2n) is 8.50. The Kier molecular flexibility index (Phi) is 5.04. The summed E-state index contributed by atoms with van der Waals surface area (Å²) in [6.07, 6.45) is 0. The minimum Gasteiger partial charge on any atom is -0.506 e. The van der Waals surface area contributed by atoms with E-state index in [4.69, 9.17) is 9.72 Å². The molecule has 34 heavy (non-hydrogen) atoms. The van der Waals surface area contributed by atoms with Crippen molar-refractivity contribution in [2.45, 2.75) is 6.54 Å². The van der Waals surface area contributed by atoms with E-state index in [1.54, 1.807) is 4.57 Å². The van der Waals surface area contributed by atoms with E-state index in [1.807, 2.05) is 72.8 Å². The number of nitrogens with one attached hydrogen (secondary N) is 1. The van der Waals surface area contributed by atoms with Gasteiger partial charge >= 0.3 is 0 Å². The van der Waals surface area contributed by atoms with Gasteiger partial charge in [0.15, 0.2) is 0 Å². The van der Waals surface area contributed by atoms with Gasteiger partial charge in [-0.1, -0.05) is 42.5 Å². The molecule has 0 bridgehead atoms. The van der Waals surface area contributed by atoms with Gasteiger partial charge in [0.05, 0.1) is 36.3 Å². The fourth-order valence-electron chi connectivity index (χ4n) is 4.66. The number of para-hydroxylation sites is 1. The normalized spacial score (nSPS) is 14.2. The van der Waals surface area contributed by atoms with Crippen LogP contribution in [0.15, 0.2) is 77.6 Å². The molecule has 1 fully saturated rings. The molecule has 0 spiro atoms. The molecule has 6 rings (SSSR count). The van der Waals surface area contributed by atoms with E-state index in [-0.39, 0.29) is 16.9 Å². The Bertz CT molecular complexity index is 1550. The van der Waals surface area contributed by atoms with E-state index in [0.717, 1.165) is 35.4 Å². The van der Waals surface area contributed by atoms with Crippen LogP contribution in [0.2, 0.25) is 0 Å². The molecule has 0 unspecified atom stereocenters. The minimum absolute atomic E-state index is 0.0580. The lowest BCUT2D eigenvalue weighted by Crippen LogP contribution is -2.36. The fourth-order valence-corrected chi connectivity index (χ4v) is 4.66. The fraction of sp³-hybridized carbons (Fsp3) is 0.185. The van der Waals surface area contributed by atoms with Crippen LogP contribution in [0.25, 0.3) is 33.3 Å². The number of hydrogen-bond acceptors (Lipinski definition) is 5. The number of fused-ring (bicyclic) bond motifs is 2. The molecule has 170 valence electrons. The zero-order valence-corrected chi connectivity index (χ0v) is 18.6. The summed E-state index contributed by atoms with van der Waals surface area (Å²) in [6, 6.07) is 23.3. The number of H-pyrrole nitrogens is 1. The highest BCUT2D eigenvalue weighted by Crippen LogP contribution is 2.33. The Hall–Kier alpha value is -4.10. The van der Waals surface area contributed by atoms with Gasteiger partial charge < -0.3 is 24.3 Å². The van der Waals surface area contributed by atoms with E-state index >= 15 is 0 Å². The predicted octanol–water partition coefficient (Wildman–Crippen LogP) is 4.14. The molecular weight excluding hydrogens is 428 g/mol. The first-order valence-electron chi connectivity index (χ1n) is 11.4. The Morgan fingerprint density at radius 2 is 1.74 bits per heavy atom. The number of ether oxygens (including phenoxy) is 1. The van der Waals surface area contributed by atoms with E-state index in [0.29, 0.717) is 36.5 Å². The highest BCUT2D eigenvalue weighted by atomic mass is 16.5. The standard InChI is InChI=1S/C27H24N4O3/c32-25-20-8-4-5-9-23(20)31(17-18-6-2-1-3-7-18)27(33)24(25)26-28-21-11-10-19(16-22(21)29-26)30-12-14-34-15-13-30/h1-11,16,32H,12-15,17H2,(H,28,29). The van der Waals surface area contributed by atoms with Gasteiger partial charge in [0, 0.05) is 24.2 Å². The second-order valence-corrected chi connectivity index (χ2v) is 8.50. The van der Waals surface area contributed by atoms with E-state index < -0.39 is 0 Å². The van der Waals surface area contributed by atoms with Gasteiger partial charge in [-0.2, -0.15) is 0 Å². The molecule has 7 nitrogen and oxygen atoms in total. The molecule has 5 aromatic rings. The topological polar surface area (TPSA) is 83.4 Å². The average molecular weight is 453 g/mol. The van der Waals surface area contributed by atoms with Gasteiger partial charge in [0.1, 0.15) is 17.1 Å². The van der Waals surface area contributed by atoms with Gasteiger partial charge in [-0.05, 0) is 35.9 Å². The number of hydrogen-bond donors (Lipinski definition) is 2. The van der Waals surface area contributed by atoms with Crippen LogP contribution < -0.4 is 10.5 Å². The molecule has 0 amide bonds. The van der Waals surface area contributed by atoms with Crippen LogP contribution in [0.3, 0.4) is 0 Å². The lowest BCUT2D eigenvalue weighted by molar-refractivity contribution is 0.122. The summed E-state index contributed by atoms with van der Waals surface area (Å²) < 4.78 is 7.16. The molecule has 3 aromatic carbocycles. The van der Waals surface area contributed by atoms with Crippen molar-refractivity contribution in [3.05, 3.63) is 88.7 Å². The molecule has 2 aromatic heterocycles.